The van der Waals surface area contributed by atoms with E-state index in [2.05, 4.69) is 21.2 Å². The first-order valence-electron chi connectivity index (χ1n) is 3.22. The van der Waals surface area contributed by atoms with Gasteiger partial charge in [0.25, 0.3) is 0 Å². The maximum Gasteiger partial charge on any atom is 0.215 e. The quantitative estimate of drug-likeness (QED) is 0.772. The second-order valence-corrected chi connectivity index (χ2v) is 2.91. The van der Waals surface area contributed by atoms with Gasteiger partial charge in [-0.25, -0.2) is 0 Å². The minimum Gasteiger partial charge on any atom is -0.385 e. The standard InChI is InChI=1S/C8H8BrNO/c1-10-7-5-3-2-4-6(9)8(7)11/h2-5H,1H3,(H,10,11). The molecule has 1 aromatic rings. The van der Waals surface area contributed by atoms with Crippen molar-refractivity contribution in [1.82, 2.24) is 0 Å². The van der Waals surface area contributed by atoms with E-state index in [0.29, 0.717) is 10.2 Å². The van der Waals surface area contributed by atoms with Gasteiger partial charge in [-0.05, 0) is 28.1 Å². The van der Waals surface area contributed by atoms with Gasteiger partial charge >= 0.3 is 0 Å². The monoisotopic (exact) mass is 213 g/mol. The smallest absolute Gasteiger partial charge is 0.215 e. The van der Waals surface area contributed by atoms with E-state index in [1.165, 1.54) is 0 Å². The molecular weight excluding hydrogens is 206 g/mol. The van der Waals surface area contributed by atoms with E-state index in [-0.39, 0.29) is 5.43 Å². The van der Waals surface area contributed by atoms with Gasteiger partial charge in [0, 0.05) is 7.05 Å². The van der Waals surface area contributed by atoms with Crippen molar-refractivity contribution in [2.75, 3.05) is 12.4 Å². The normalized spacial score (nSPS) is 9.27. The largest absolute Gasteiger partial charge is 0.385 e. The van der Waals surface area contributed by atoms with Gasteiger partial charge in [0.2, 0.25) is 5.43 Å². The first kappa shape index (κ1) is 8.27. The van der Waals surface area contributed by atoms with Crippen LogP contribution < -0.4 is 10.7 Å². The second kappa shape index (κ2) is 3.53. The van der Waals surface area contributed by atoms with Crippen molar-refractivity contribution >= 4 is 21.6 Å². The van der Waals surface area contributed by atoms with E-state index in [9.17, 15) is 4.79 Å². The highest BCUT2D eigenvalue weighted by molar-refractivity contribution is 9.10. The number of anilines is 1. The van der Waals surface area contributed by atoms with E-state index < -0.39 is 0 Å². The SMILES string of the molecule is CNc1ccccc(Br)c1=O. The Hall–Kier alpha value is -0.830. The zero-order valence-corrected chi connectivity index (χ0v) is 7.68. The highest BCUT2D eigenvalue weighted by atomic mass is 79.9. The molecule has 0 fully saturated rings. The molecule has 0 amide bonds. The molecule has 1 N–H and O–H groups in total. The Labute approximate surface area is 73.4 Å². The average molecular weight is 214 g/mol. The van der Waals surface area contributed by atoms with Gasteiger partial charge < -0.3 is 5.32 Å². The lowest BCUT2D eigenvalue weighted by Gasteiger charge is -1.91. The molecule has 0 saturated carbocycles. The van der Waals surface area contributed by atoms with Crippen LogP contribution in [-0.2, 0) is 0 Å². The lowest BCUT2D eigenvalue weighted by Crippen LogP contribution is -2.05. The third kappa shape index (κ3) is 1.80. The number of rotatable bonds is 1. The molecule has 0 spiro atoms. The molecule has 0 aromatic heterocycles. The van der Waals surface area contributed by atoms with Gasteiger partial charge in [-0.2, -0.15) is 0 Å². The molecule has 0 aliphatic heterocycles. The maximum atomic E-state index is 11.3. The van der Waals surface area contributed by atoms with Gasteiger partial charge in [0.05, 0.1) is 10.2 Å². The Kier molecular flexibility index (Phi) is 2.65. The molecule has 3 heteroatoms. The Morgan fingerprint density at radius 1 is 1.36 bits per heavy atom. The molecule has 0 radical (unpaired) electrons. The van der Waals surface area contributed by atoms with Crippen molar-refractivity contribution in [3.8, 4) is 0 Å². The summed E-state index contributed by atoms with van der Waals surface area (Å²) in [5.41, 5.74) is 0.583. The zero-order valence-electron chi connectivity index (χ0n) is 6.10. The zero-order chi connectivity index (χ0) is 8.27. The molecule has 1 aromatic carbocycles. The Morgan fingerprint density at radius 3 is 2.64 bits per heavy atom. The average Bonchev–Trinajstić information content (AvgIpc) is 2.16. The molecule has 11 heavy (non-hydrogen) atoms. The van der Waals surface area contributed by atoms with Crippen molar-refractivity contribution in [3.05, 3.63) is 39.0 Å². The van der Waals surface area contributed by atoms with Crippen LogP contribution in [0.4, 0.5) is 5.69 Å². The fourth-order valence-corrected chi connectivity index (χ4v) is 1.13. The Bertz CT molecular complexity index is 311. The summed E-state index contributed by atoms with van der Waals surface area (Å²) in [5, 5.41) is 2.81. The molecular formula is C8H8BrNO. The summed E-state index contributed by atoms with van der Waals surface area (Å²) in [6.45, 7) is 0. The highest BCUT2D eigenvalue weighted by Gasteiger charge is 1.96. The predicted octanol–water partition coefficient (Wildman–Crippen LogP) is 1.85. The van der Waals surface area contributed by atoms with Crippen LogP contribution in [0.5, 0.6) is 0 Å². The first-order valence-corrected chi connectivity index (χ1v) is 4.01. The summed E-state index contributed by atoms with van der Waals surface area (Å²) in [5.74, 6) is 0. The van der Waals surface area contributed by atoms with Crippen LogP contribution in [0.25, 0.3) is 0 Å². The van der Waals surface area contributed by atoms with E-state index in [1.807, 2.05) is 12.1 Å². The van der Waals surface area contributed by atoms with Crippen molar-refractivity contribution < 1.29 is 0 Å². The molecule has 0 aliphatic rings. The minimum atomic E-state index is -0.0162. The van der Waals surface area contributed by atoms with E-state index in [4.69, 9.17) is 0 Å². The van der Waals surface area contributed by atoms with Gasteiger partial charge in [-0.3, -0.25) is 4.79 Å². The van der Waals surface area contributed by atoms with Crippen LogP contribution in [0.1, 0.15) is 0 Å². The fraction of sp³-hybridized carbons (Fsp3) is 0.125. The third-order valence-electron chi connectivity index (χ3n) is 1.35. The molecule has 0 saturated heterocycles. The maximum absolute atomic E-state index is 11.3. The number of hydrogen-bond acceptors (Lipinski definition) is 2. The lowest BCUT2D eigenvalue weighted by atomic mass is 10.4. The Morgan fingerprint density at radius 2 is 2.00 bits per heavy atom. The van der Waals surface area contributed by atoms with Gasteiger partial charge in [-0.1, -0.05) is 12.1 Å². The van der Waals surface area contributed by atoms with Gasteiger partial charge in [0.1, 0.15) is 0 Å². The van der Waals surface area contributed by atoms with Crippen molar-refractivity contribution in [3.63, 3.8) is 0 Å². The van der Waals surface area contributed by atoms with Crippen LogP contribution in [0.2, 0.25) is 0 Å². The topological polar surface area (TPSA) is 29.1 Å². The van der Waals surface area contributed by atoms with Crippen LogP contribution in [0, 0.1) is 0 Å². The molecule has 2 nitrogen and oxygen atoms in total. The fourth-order valence-electron chi connectivity index (χ4n) is 0.769. The minimum absolute atomic E-state index is 0.0162. The third-order valence-corrected chi connectivity index (χ3v) is 1.97. The van der Waals surface area contributed by atoms with Crippen molar-refractivity contribution in [1.29, 1.82) is 0 Å². The Balaban J connectivity index is 3.42. The van der Waals surface area contributed by atoms with Crippen LogP contribution >= 0.6 is 15.9 Å². The molecule has 0 aliphatic carbocycles. The van der Waals surface area contributed by atoms with Crippen LogP contribution in [-0.4, -0.2) is 7.05 Å². The van der Waals surface area contributed by atoms with E-state index in [1.54, 1.807) is 19.2 Å². The molecule has 58 valence electrons. The summed E-state index contributed by atoms with van der Waals surface area (Å²) in [4.78, 5) is 11.3. The van der Waals surface area contributed by atoms with E-state index >= 15 is 0 Å². The molecule has 0 atom stereocenters. The van der Waals surface area contributed by atoms with Crippen molar-refractivity contribution in [2.24, 2.45) is 0 Å². The van der Waals surface area contributed by atoms with Crippen molar-refractivity contribution in [2.45, 2.75) is 0 Å². The molecule has 0 unspecified atom stereocenters. The summed E-state index contributed by atoms with van der Waals surface area (Å²) in [7, 11) is 1.73. The van der Waals surface area contributed by atoms with Crippen LogP contribution in [0.15, 0.2) is 33.5 Å². The summed E-state index contributed by atoms with van der Waals surface area (Å²) >= 11 is 3.16. The van der Waals surface area contributed by atoms with Gasteiger partial charge in [-0.15, -0.1) is 0 Å². The highest BCUT2D eigenvalue weighted by Crippen LogP contribution is 2.04. The van der Waals surface area contributed by atoms with Gasteiger partial charge in [0.15, 0.2) is 0 Å². The lowest BCUT2D eigenvalue weighted by molar-refractivity contribution is 1.47. The second-order valence-electron chi connectivity index (χ2n) is 2.06. The number of halogens is 1. The molecule has 0 heterocycles. The summed E-state index contributed by atoms with van der Waals surface area (Å²) in [6, 6.07) is 7.10. The van der Waals surface area contributed by atoms with E-state index in [0.717, 1.165) is 0 Å². The molecule has 0 bridgehead atoms. The number of hydrogen-bond donors (Lipinski definition) is 1. The first-order chi connectivity index (χ1) is 5.25. The summed E-state index contributed by atoms with van der Waals surface area (Å²) < 4.78 is 0.576. The van der Waals surface area contributed by atoms with Crippen LogP contribution in [0.3, 0.4) is 0 Å². The predicted molar refractivity (Wildman–Crippen MR) is 50.0 cm³/mol. The molecule has 1 rings (SSSR count). The summed E-state index contributed by atoms with van der Waals surface area (Å²) in [6.07, 6.45) is 0. The number of nitrogens with one attached hydrogen (secondary N) is 1.